The van der Waals surface area contributed by atoms with Gasteiger partial charge in [-0.15, -0.1) is 0 Å². The Morgan fingerprint density at radius 2 is 1.68 bits per heavy atom. The summed E-state index contributed by atoms with van der Waals surface area (Å²) in [6, 6.07) is 9.89. The number of carboxylic acid groups (broad SMARTS) is 1. The van der Waals surface area contributed by atoms with E-state index in [1.54, 1.807) is 0 Å². The van der Waals surface area contributed by atoms with Crippen molar-refractivity contribution in [2.24, 2.45) is 17.3 Å². The number of rotatable bonds is 5. The third-order valence-electron chi connectivity index (χ3n) is 8.52. The van der Waals surface area contributed by atoms with Gasteiger partial charge in [-0.05, 0) is 78.7 Å². The molecule has 0 unspecified atom stereocenters. The number of ether oxygens (including phenoxy) is 1. The normalized spacial score (nSPS) is 27.0. The molecule has 2 aliphatic carbocycles. The summed E-state index contributed by atoms with van der Waals surface area (Å²) in [6.07, 6.45) is 0.0363. The Labute approximate surface area is 212 Å². The van der Waals surface area contributed by atoms with Crippen molar-refractivity contribution in [2.45, 2.75) is 56.5 Å². The lowest BCUT2D eigenvalue weighted by atomic mass is 9.69. The van der Waals surface area contributed by atoms with Gasteiger partial charge in [-0.3, -0.25) is 9.59 Å². The van der Waals surface area contributed by atoms with Gasteiger partial charge in [-0.2, -0.15) is 13.2 Å². The number of alkyl halides is 3. The van der Waals surface area contributed by atoms with Gasteiger partial charge >= 0.3 is 12.1 Å². The fraction of sp³-hybridized carbons (Fsp3) is 0.500. The topological polar surface area (TPSA) is 75.6 Å². The molecule has 2 saturated carbocycles. The Bertz CT molecular complexity index is 1170. The predicted octanol–water partition coefficient (Wildman–Crippen LogP) is 6.35. The number of carbonyl (C=O) groups excluding carboxylic acids is 1. The second kappa shape index (κ2) is 9.74. The molecule has 1 aliphatic heterocycles. The second-order valence-corrected chi connectivity index (χ2v) is 10.6. The van der Waals surface area contributed by atoms with Crippen LogP contribution >= 0.6 is 0 Å². The summed E-state index contributed by atoms with van der Waals surface area (Å²) in [6.45, 7) is 1.58. The number of anilines is 1. The number of halogens is 4. The molecule has 3 fully saturated rings. The van der Waals surface area contributed by atoms with Gasteiger partial charge in [0.25, 0.3) is 0 Å². The minimum Gasteiger partial charge on any atom is -0.481 e. The van der Waals surface area contributed by atoms with Gasteiger partial charge < -0.3 is 15.2 Å². The lowest BCUT2D eigenvalue weighted by Crippen LogP contribution is -2.40. The maximum Gasteiger partial charge on any atom is 0.416 e. The average molecular weight is 520 g/mol. The molecule has 37 heavy (non-hydrogen) atoms. The van der Waals surface area contributed by atoms with E-state index < -0.39 is 52.9 Å². The Kier molecular flexibility index (Phi) is 6.77. The number of benzene rings is 2. The lowest BCUT2D eigenvalue weighted by Gasteiger charge is -2.35. The molecule has 0 radical (unpaired) electrons. The second-order valence-electron chi connectivity index (χ2n) is 10.6. The van der Waals surface area contributed by atoms with Crippen LogP contribution in [0.1, 0.15) is 67.1 Å². The molecule has 1 spiro atoms. The maximum atomic E-state index is 14.3. The third-order valence-corrected chi connectivity index (χ3v) is 8.52. The van der Waals surface area contributed by atoms with Crippen molar-refractivity contribution in [3.63, 3.8) is 0 Å². The zero-order chi connectivity index (χ0) is 26.4. The van der Waals surface area contributed by atoms with Gasteiger partial charge in [0.15, 0.2) is 0 Å². The third kappa shape index (κ3) is 5.10. The molecule has 9 heteroatoms. The molecule has 1 amide bonds. The maximum absolute atomic E-state index is 14.3. The van der Waals surface area contributed by atoms with E-state index in [4.69, 9.17) is 4.74 Å². The van der Waals surface area contributed by atoms with Crippen LogP contribution in [0.2, 0.25) is 0 Å². The Morgan fingerprint density at radius 1 is 1.00 bits per heavy atom. The predicted molar refractivity (Wildman–Crippen MR) is 128 cm³/mol. The van der Waals surface area contributed by atoms with E-state index in [9.17, 15) is 32.3 Å². The van der Waals surface area contributed by atoms with Crippen molar-refractivity contribution < 1.29 is 37.0 Å². The first-order chi connectivity index (χ1) is 17.6. The van der Waals surface area contributed by atoms with Crippen LogP contribution in [-0.4, -0.2) is 30.2 Å². The first-order valence-corrected chi connectivity index (χ1v) is 12.7. The van der Waals surface area contributed by atoms with E-state index >= 15 is 0 Å². The highest BCUT2D eigenvalue weighted by Crippen LogP contribution is 2.64. The smallest absolute Gasteiger partial charge is 0.416 e. The Morgan fingerprint density at radius 3 is 2.30 bits per heavy atom. The number of carboxylic acids is 1. The molecule has 1 heterocycles. The lowest BCUT2D eigenvalue weighted by molar-refractivity contribution is -0.148. The van der Waals surface area contributed by atoms with Crippen LogP contribution in [0.25, 0.3) is 0 Å². The van der Waals surface area contributed by atoms with Crippen molar-refractivity contribution in [2.75, 3.05) is 18.5 Å². The van der Waals surface area contributed by atoms with Gasteiger partial charge in [-0.1, -0.05) is 30.7 Å². The molecule has 4 atom stereocenters. The molecule has 5 nitrogen and oxygen atoms in total. The molecule has 198 valence electrons. The largest absolute Gasteiger partial charge is 0.481 e. The fourth-order valence-corrected chi connectivity index (χ4v) is 6.35. The number of aliphatic carboxylic acids is 1. The number of carbonyl (C=O) groups is 2. The summed E-state index contributed by atoms with van der Waals surface area (Å²) in [5, 5.41) is 12.4. The van der Waals surface area contributed by atoms with Crippen molar-refractivity contribution >= 4 is 17.6 Å². The van der Waals surface area contributed by atoms with E-state index in [1.165, 1.54) is 5.56 Å². The van der Waals surface area contributed by atoms with Gasteiger partial charge in [-0.25, -0.2) is 4.39 Å². The molecule has 0 bridgehead atoms. The molecule has 3 aliphatic rings. The minimum atomic E-state index is -4.71. The van der Waals surface area contributed by atoms with E-state index in [1.807, 2.05) is 12.1 Å². The molecule has 2 aromatic carbocycles. The van der Waals surface area contributed by atoms with Crippen LogP contribution in [0, 0.1) is 23.1 Å². The van der Waals surface area contributed by atoms with E-state index in [0.717, 1.165) is 44.1 Å². The number of hydrogen-bond donors (Lipinski definition) is 2. The van der Waals surface area contributed by atoms with Gasteiger partial charge in [0.1, 0.15) is 5.82 Å². The first kappa shape index (κ1) is 25.7. The number of nitrogens with one attached hydrogen (secondary N) is 1. The summed E-state index contributed by atoms with van der Waals surface area (Å²) in [5.41, 5.74) is 0.836. The van der Waals surface area contributed by atoms with Crippen LogP contribution in [-0.2, 0) is 20.5 Å². The molecule has 0 aromatic heterocycles. The molecular weight excluding hydrogens is 490 g/mol. The summed E-state index contributed by atoms with van der Waals surface area (Å²) in [5.74, 6) is -4.92. The summed E-state index contributed by atoms with van der Waals surface area (Å²) < 4.78 is 58.3. The van der Waals surface area contributed by atoms with Crippen LogP contribution in [0.3, 0.4) is 0 Å². The van der Waals surface area contributed by atoms with Crippen LogP contribution in [0.4, 0.5) is 23.2 Å². The Hall–Kier alpha value is -2.94. The molecule has 2 aromatic rings. The highest BCUT2D eigenvalue weighted by atomic mass is 19.4. The van der Waals surface area contributed by atoms with Gasteiger partial charge in [0.2, 0.25) is 5.91 Å². The van der Waals surface area contributed by atoms with Crippen molar-refractivity contribution in [3.8, 4) is 0 Å². The average Bonchev–Trinajstić information content (AvgIpc) is 3.56. The summed E-state index contributed by atoms with van der Waals surface area (Å²) in [4.78, 5) is 25.4. The first-order valence-electron chi connectivity index (χ1n) is 12.7. The van der Waals surface area contributed by atoms with E-state index in [0.29, 0.717) is 42.7 Å². The summed E-state index contributed by atoms with van der Waals surface area (Å²) >= 11 is 0. The van der Waals surface area contributed by atoms with Gasteiger partial charge in [0.05, 0.1) is 23.1 Å². The standard InChI is InChI=1S/C28H29F4NO4/c29-22-14-18(28(30,31)32)8-9-23(22)33-25(34)20-3-1-2-19(24(20)26(35)36)16-4-6-17(7-5-16)21-15-27(21)10-12-37-13-11-27/h4-9,14,19-21,24H,1-3,10-13,15H2,(H,33,34)(H,35,36)/t19-,20-,21-,24-/m1/s1. The molecule has 1 saturated heterocycles. The molecule has 5 rings (SSSR count). The minimum absolute atomic E-state index is 0.298. The highest BCUT2D eigenvalue weighted by Gasteiger charge is 2.54. The van der Waals surface area contributed by atoms with Crippen LogP contribution < -0.4 is 5.32 Å². The summed E-state index contributed by atoms with van der Waals surface area (Å²) in [7, 11) is 0. The Balaban J connectivity index is 1.31. The van der Waals surface area contributed by atoms with Crippen molar-refractivity contribution in [1.82, 2.24) is 0 Å². The quantitative estimate of drug-likeness (QED) is 0.452. The number of hydrogen-bond acceptors (Lipinski definition) is 3. The highest BCUT2D eigenvalue weighted by molar-refractivity contribution is 5.95. The van der Waals surface area contributed by atoms with E-state index in [2.05, 4.69) is 17.4 Å². The molecule has 2 N–H and O–H groups in total. The van der Waals surface area contributed by atoms with Crippen molar-refractivity contribution in [1.29, 1.82) is 0 Å². The zero-order valence-electron chi connectivity index (χ0n) is 20.2. The van der Waals surface area contributed by atoms with Crippen LogP contribution in [0.15, 0.2) is 42.5 Å². The van der Waals surface area contributed by atoms with Crippen LogP contribution in [0.5, 0.6) is 0 Å². The monoisotopic (exact) mass is 519 g/mol. The number of amides is 1. The van der Waals surface area contributed by atoms with Gasteiger partial charge in [0, 0.05) is 13.2 Å². The fourth-order valence-electron chi connectivity index (χ4n) is 6.35. The van der Waals surface area contributed by atoms with Crippen molar-refractivity contribution in [3.05, 3.63) is 65.0 Å². The SMILES string of the molecule is O=C(O)[C@@H]1[C@@H](c2ccc([C@H]3CC34CCOCC4)cc2)CCC[C@H]1C(=O)Nc1ccc(C(F)(F)F)cc1F. The zero-order valence-corrected chi connectivity index (χ0v) is 20.2. The van der Waals surface area contributed by atoms with E-state index in [-0.39, 0.29) is 0 Å². The molecular formula is C28H29F4NO4.